The van der Waals surface area contributed by atoms with E-state index in [9.17, 15) is 8.42 Å². The zero-order chi connectivity index (χ0) is 25.0. The third-order valence-corrected chi connectivity index (χ3v) is 7.93. The molecule has 3 aromatic rings. The van der Waals surface area contributed by atoms with Crippen molar-refractivity contribution in [2.75, 3.05) is 44.1 Å². The number of ether oxygens (including phenoxy) is 2. The fourth-order valence-corrected chi connectivity index (χ4v) is 5.43. The lowest BCUT2D eigenvalue weighted by Crippen LogP contribution is -2.30. The Morgan fingerprint density at radius 1 is 0.944 bits per heavy atom. The molecule has 2 aromatic carbocycles. The van der Waals surface area contributed by atoms with Gasteiger partial charge in [-0.25, -0.2) is 8.42 Å². The van der Waals surface area contributed by atoms with Crippen molar-refractivity contribution >= 4 is 15.7 Å². The van der Waals surface area contributed by atoms with E-state index in [0.717, 1.165) is 42.1 Å². The highest BCUT2D eigenvalue weighted by atomic mass is 32.2. The van der Waals surface area contributed by atoms with Crippen LogP contribution in [0.25, 0.3) is 11.3 Å². The third kappa shape index (κ3) is 6.02. The van der Waals surface area contributed by atoms with Gasteiger partial charge in [-0.1, -0.05) is 36.2 Å². The molecule has 1 fully saturated rings. The quantitative estimate of drug-likeness (QED) is 0.407. The van der Waals surface area contributed by atoms with Gasteiger partial charge in [-0.2, -0.15) is 0 Å². The summed E-state index contributed by atoms with van der Waals surface area (Å²) in [5, 5.41) is 4.29. The van der Waals surface area contributed by atoms with Crippen molar-refractivity contribution in [2.45, 2.75) is 43.5 Å². The van der Waals surface area contributed by atoms with Crippen LogP contribution < -0.4 is 14.4 Å². The Balaban J connectivity index is 1.32. The van der Waals surface area contributed by atoms with Gasteiger partial charge in [0.25, 0.3) is 0 Å². The fraction of sp³-hybridized carbons (Fsp3) is 0.444. The summed E-state index contributed by atoms with van der Waals surface area (Å²) in [6.07, 6.45) is 7.45. The molecule has 2 aliphatic heterocycles. The Morgan fingerprint density at radius 3 is 2.44 bits per heavy atom. The van der Waals surface area contributed by atoms with Crippen molar-refractivity contribution in [1.82, 2.24) is 10.1 Å². The molecule has 0 unspecified atom stereocenters. The lowest BCUT2D eigenvalue weighted by atomic mass is 10.1. The van der Waals surface area contributed by atoms with Crippen LogP contribution >= 0.6 is 0 Å². The van der Waals surface area contributed by atoms with E-state index in [0.29, 0.717) is 18.1 Å². The highest BCUT2D eigenvalue weighted by Crippen LogP contribution is 2.34. The summed E-state index contributed by atoms with van der Waals surface area (Å²) in [7, 11) is -3.25. The van der Waals surface area contributed by atoms with Gasteiger partial charge in [0.1, 0.15) is 5.69 Å². The van der Waals surface area contributed by atoms with E-state index in [-0.39, 0.29) is 11.7 Å². The zero-order valence-corrected chi connectivity index (χ0v) is 21.5. The monoisotopic (exact) mass is 511 g/mol. The minimum Gasteiger partial charge on any atom is -0.454 e. The highest BCUT2D eigenvalue weighted by Gasteiger charge is 2.19. The molecule has 1 aromatic heterocycles. The van der Waals surface area contributed by atoms with E-state index in [4.69, 9.17) is 14.0 Å². The average Bonchev–Trinajstić information content (AvgIpc) is 3.47. The van der Waals surface area contributed by atoms with Crippen molar-refractivity contribution in [3.63, 3.8) is 0 Å². The Hall–Kier alpha value is -3.04. The van der Waals surface area contributed by atoms with Gasteiger partial charge in [-0.3, -0.25) is 0 Å². The first-order valence-electron chi connectivity index (χ1n) is 12.6. The molecule has 0 amide bonds. The minimum absolute atomic E-state index is 0.252. The first-order valence-corrected chi connectivity index (χ1v) is 14.5. The summed E-state index contributed by atoms with van der Waals surface area (Å²) in [4.78, 5) is 5.06. The number of hydrogen-bond acceptors (Lipinski definition) is 8. The van der Waals surface area contributed by atoms with Crippen LogP contribution in [0.1, 0.15) is 37.7 Å². The standard InChI is InChI=1S/C27H33N3O5S/c1-36(31,32)23-10-8-22(9-11-23)24-18-27(35-28-24)30(16-6-15-29-13-4-2-3-5-14-29)19-21-7-12-25-26(17-21)34-20-33-25/h7-12,17-18H,2-6,13-16,19-20H2,1H3. The molecule has 36 heavy (non-hydrogen) atoms. The first-order chi connectivity index (χ1) is 17.5. The molecule has 0 bridgehead atoms. The number of fused-ring (bicyclic) bond motifs is 1. The van der Waals surface area contributed by atoms with Crippen molar-refractivity contribution in [1.29, 1.82) is 0 Å². The smallest absolute Gasteiger partial charge is 0.231 e. The van der Waals surface area contributed by atoms with Crippen molar-refractivity contribution in [3.8, 4) is 22.8 Å². The predicted octanol–water partition coefficient (Wildman–Crippen LogP) is 4.75. The number of hydrogen-bond donors (Lipinski definition) is 0. The van der Waals surface area contributed by atoms with Gasteiger partial charge in [0.15, 0.2) is 21.3 Å². The van der Waals surface area contributed by atoms with E-state index in [1.54, 1.807) is 24.3 Å². The zero-order valence-electron chi connectivity index (χ0n) is 20.7. The molecule has 1 saturated heterocycles. The molecule has 192 valence electrons. The van der Waals surface area contributed by atoms with Crippen LogP contribution in [0.5, 0.6) is 11.5 Å². The summed E-state index contributed by atoms with van der Waals surface area (Å²) in [5.41, 5.74) is 2.59. The molecule has 5 rings (SSSR count). The molecule has 8 nitrogen and oxygen atoms in total. The van der Waals surface area contributed by atoms with Gasteiger partial charge < -0.3 is 23.8 Å². The fourth-order valence-electron chi connectivity index (χ4n) is 4.80. The molecule has 0 atom stereocenters. The Labute approximate surface area is 212 Å². The summed E-state index contributed by atoms with van der Waals surface area (Å²) < 4.78 is 40.4. The van der Waals surface area contributed by atoms with Crippen LogP contribution in [-0.4, -0.2) is 57.7 Å². The van der Waals surface area contributed by atoms with Gasteiger partial charge in [-0.15, -0.1) is 0 Å². The lowest BCUT2D eigenvalue weighted by Gasteiger charge is -2.24. The van der Waals surface area contributed by atoms with Gasteiger partial charge in [-0.05, 0) is 68.7 Å². The summed E-state index contributed by atoms with van der Waals surface area (Å²) >= 11 is 0. The number of rotatable bonds is 9. The predicted molar refractivity (Wildman–Crippen MR) is 138 cm³/mol. The van der Waals surface area contributed by atoms with Gasteiger partial charge in [0, 0.05) is 31.0 Å². The Bertz CT molecular complexity index is 1260. The maximum absolute atomic E-state index is 11.8. The van der Waals surface area contributed by atoms with Crippen LogP contribution in [0.3, 0.4) is 0 Å². The van der Waals surface area contributed by atoms with Crippen LogP contribution in [0, 0.1) is 0 Å². The maximum Gasteiger partial charge on any atom is 0.231 e. The van der Waals surface area contributed by atoms with Gasteiger partial charge >= 0.3 is 0 Å². The van der Waals surface area contributed by atoms with Gasteiger partial charge in [0.05, 0.1) is 4.90 Å². The van der Waals surface area contributed by atoms with Crippen LogP contribution in [0.4, 0.5) is 5.88 Å². The third-order valence-electron chi connectivity index (χ3n) is 6.80. The summed E-state index contributed by atoms with van der Waals surface area (Å²) in [6, 6.07) is 14.7. The van der Waals surface area contributed by atoms with E-state index < -0.39 is 9.84 Å². The Kier molecular flexibility index (Phi) is 7.48. The van der Waals surface area contributed by atoms with E-state index in [2.05, 4.69) is 21.0 Å². The number of aromatic nitrogens is 1. The van der Waals surface area contributed by atoms with Crippen LogP contribution in [0.15, 0.2) is 57.9 Å². The van der Waals surface area contributed by atoms with Crippen LogP contribution in [-0.2, 0) is 16.4 Å². The second-order valence-corrected chi connectivity index (χ2v) is 11.6. The average molecular weight is 512 g/mol. The lowest BCUT2D eigenvalue weighted by molar-refractivity contribution is 0.174. The minimum atomic E-state index is -3.25. The topological polar surface area (TPSA) is 85.1 Å². The SMILES string of the molecule is CS(=O)(=O)c1ccc(-c2cc(N(CCCN3CCCCCC3)Cc3ccc4c(c3)OCO4)on2)cc1. The normalized spacial score (nSPS) is 16.1. The number of sulfone groups is 1. The molecular weight excluding hydrogens is 478 g/mol. The van der Waals surface area contributed by atoms with Gasteiger partial charge in [0.2, 0.25) is 12.7 Å². The molecule has 0 radical (unpaired) electrons. The van der Waals surface area contributed by atoms with E-state index in [1.165, 1.54) is 45.0 Å². The van der Waals surface area contributed by atoms with Crippen LogP contribution in [0.2, 0.25) is 0 Å². The molecule has 0 N–H and O–H groups in total. The van der Waals surface area contributed by atoms with Crippen molar-refractivity contribution in [2.24, 2.45) is 0 Å². The number of benzene rings is 2. The molecule has 0 spiro atoms. The number of anilines is 1. The second-order valence-electron chi connectivity index (χ2n) is 9.57. The molecular formula is C27H33N3O5S. The largest absolute Gasteiger partial charge is 0.454 e. The van der Waals surface area contributed by atoms with Crippen molar-refractivity contribution < 1.29 is 22.4 Å². The molecule has 2 aliphatic rings. The highest BCUT2D eigenvalue weighted by molar-refractivity contribution is 7.90. The summed E-state index contributed by atoms with van der Waals surface area (Å²) in [6.45, 7) is 5.15. The van der Waals surface area contributed by atoms with E-state index in [1.807, 2.05) is 18.2 Å². The first kappa shape index (κ1) is 24.6. The van der Waals surface area contributed by atoms with Crippen molar-refractivity contribution in [3.05, 3.63) is 54.1 Å². The Morgan fingerprint density at radius 2 is 1.69 bits per heavy atom. The second kappa shape index (κ2) is 10.9. The number of likely N-dealkylation sites (tertiary alicyclic amines) is 1. The maximum atomic E-state index is 11.8. The molecule has 0 aliphatic carbocycles. The van der Waals surface area contributed by atoms with E-state index >= 15 is 0 Å². The summed E-state index contributed by atoms with van der Waals surface area (Å²) in [5.74, 6) is 2.22. The molecule has 0 saturated carbocycles. The number of nitrogens with zero attached hydrogens (tertiary/aromatic N) is 3. The molecule has 3 heterocycles. The molecule has 9 heteroatoms.